The predicted octanol–water partition coefficient (Wildman–Crippen LogP) is 12.8. The second kappa shape index (κ2) is 14.4. The van der Waals surface area contributed by atoms with Crippen LogP contribution in [0.5, 0.6) is 0 Å². The van der Waals surface area contributed by atoms with E-state index in [1.807, 2.05) is 72.8 Å². The molecule has 13 rings (SSSR count). The Labute approximate surface area is 375 Å². The lowest BCUT2D eigenvalue weighted by Crippen LogP contribution is -2.50. The molecule has 1 aliphatic rings. The standard InChI is InChI=1S/C57H38N6OSi/c1-65(2)49-30-14-11-25-44(49)50-51(38-22-15-21-37(33-38)40-26-16-27-43-42-24-10-13-29-48(42)64-52(40)43)58-55(60-56(50)65)39-31-32-47-45(34-39)41-23-9-12-28-46(41)63(47)57-61-53(35-17-5-3-6-18-35)59-54(62-57)36-19-7-4-8-20-36/h3-34H,1-2H3. The minimum atomic E-state index is -2.24. The Morgan fingerprint density at radius 1 is 0.415 bits per heavy atom. The molecule has 5 heterocycles. The molecule has 65 heavy (non-hydrogen) atoms. The van der Waals surface area contributed by atoms with Crippen LogP contribution in [-0.4, -0.2) is 37.6 Å². The van der Waals surface area contributed by atoms with Gasteiger partial charge in [-0.1, -0.05) is 171 Å². The second-order valence-electron chi connectivity index (χ2n) is 17.3. The van der Waals surface area contributed by atoms with E-state index in [0.29, 0.717) is 23.4 Å². The highest BCUT2D eigenvalue weighted by atomic mass is 28.3. The zero-order chi connectivity index (χ0) is 43.2. The Morgan fingerprint density at radius 3 is 1.82 bits per heavy atom. The van der Waals surface area contributed by atoms with Crippen molar-refractivity contribution in [3.63, 3.8) is 0 Å². The summed E-state index contributed by atoms with van der Waals surface area (Å²) in [6.45, 7) is 4.83. The number of fused-ring (bicyclic) bond motifs is 9. The molecule has 0 bridgehead atoms. The number of rotatable bonds is 6. The van der Waals surface area contributed by atoms with Crippen molar-refractivity contribution < 1.29 is 4.42 Å². The summed E-state index contributed by atoms with van der Waals surface area (Å²) in [5.41, 5.74) is 13.0. The summed E-state index contributed by atoms with van der Waals surface area (Å²) >= 11 is 0. The Bertz CT molecular complexity index is 3820. The Kier molecular flexibility index (Phi) is 8.22. The van der Waals surface area contributed by atoms with Crippen molar-refractivity contribution in [1.82, 2.24) is 29.5 Å². The van der Waals surface area contributed by atoms with Crippen LogP contribution in [0, 0.1) is 0 Å². The fourth-order valence-corrected chi connectivity index (χ4v) is 12.8. The SMILES string of the molecule is C[Si]1(C)c2ccccc2-c2c(-c3cccc(-c4cccc5c4oc4ccccc45)c3)nc(-c3ccc4c(c3)c3ccccc3n4-c3nc(-c4ccccc4)nc(-c4ccccc4)n3)nc21. The Balaban J connectivity index is 1.01. The number of hydrogen-bond acceptors (Lipinski definition) is 6. The lowest BCUT2D eigenvalue weighted by molar-refractivity contribution is 0.670. The lowest BCUT2D eigenvalue weighted by Gasteiger charge is -2.19. The van der Waals surface area contributed by atoms with Crippen LogP contribution < -0.4 is 10.5 Å². The molecule has 0 aliphatic carbocycles. The van der Waals surface area contributed by atoms with Crippen LogP contribution in [0.25, 0.3) is 117 Å². The molecule has 4 aromatic heterocycles. The Morgan fingerprint density at radius 2 is 1.02 bits per heavy atom. The van der Waals surface area contributed by atoms with Crippen molar-refractivity contribution in [2.75, 3.05) is 0 Å². The fraction of sp³-hybridized carbons (Fsp3) is 0.0351. The molecular formula is C57H38N6OSi. The molecule has 0 unspecified atom stereocenters. The van der Waals surface area contributed by atoms with E-state index in [1.54, 1.807) is 0 Å². The fourth-order valence-electron chi connectivity index (χ4n) is 9.91. The summed E-state index contributed by atoms with van der Waals surface area (Å²) in [5, 5.41) is 6.90. The van der Waals surface area contributed by atoms with E-state index in [1.165, 1.54) is 10.8 Å². The molecule has 0 spiro atoms. The van der Waals surface area contributed by atoms with Crippen molar-refractivity contribution >= 4 is 62.3 Å². The van der Waals surface area contributed by atoms with E-state index in [9.17, 15) is 0 Å². The topological polar surface area (TPSA) is 82.5 Å². The second-order valence-corrected chi connectivity index (χ2v) is 21.5. The van der Waals surface area contributed by atoms with E-state index in [0.717, 1.165) is 93.7 Å². The highest BCUT2D eigenvalue weighted by Gasteiger charge is 2.41. The van der Waals surface area contributed by atoms with Crippen LogP contribution in [-0.2, 0) is 0 Å². The normalized spacial score (nSPS) is 12.9. The van der Waals surface area contributed by atoms with E-state index in [4.69, 9.17) is 29.3 Å². The number of furan rings is 1. The first-order valence-electron chi connectivity index (χ1n) is 21.9. The van der Waals surface area contributed by atoms with Gasteiger partial charge in [0.15, 0.2) is 17.5 Å². The molecule has 0 saturated heterocycles. The van der Waals surface area contributed by atoms with Gasteiger partial charge in [-0.25, -0.2) is 15.0 Å². The summed E-state index contributed by atoms with van der Waals surface area (Å²) in [4.78, 5) is 26.4. The van der Waals surface area contributed by atoms with Crippen LogP contribution in [0.1, 0.15) is 0 Å². The number of nitrogens with zero attached hydrogens (tertiary/aromatic N) is 6. The van der Waals surface area contributed by atoms with Gasteiger partial charge in [0.2, 0.25) is 5.95 Å². The highest BCUT2D eigenvalue weighted by molar-refractivity contribution is 7.03. The minimum absolute atomic E-state index is 0.552. The average Bonchev–Trinajstić information content (AvgIpc) is 3.99. The first-order valence-corrected chi connectivity index (χ1v) is 24.9. The van der Waals surface area contributed by atoms with Gasteiger partial charge in [-0.15, -0.1) is 0 Å². The van der Waals surface area contributed by atoms with Gasteiger partial charge in [0, 0.05) is 60.2 Å². The van der Waals surface area contributed by atoms with Crippen LogP contribution in [0.4, 0.5) is 0 Å². The minimum Gasteiger partial charge on any atom is -0.455 e. The van der Waals surface area contributed by atoms with E-state index < -0.39 is 8.07 Å². The maximum atomic E-state index is 6.52. The van der Waals surface area contributed by atoms with Gasteiger partial charge < -0.3 is 4.42 Å². The van der Waals surface area contributed by atoms with Crippen molar-refractivity contribution in [1.29, 1.82) is 0 Å². The van der Waals surface area contributed by atoms with Crippen molar-refractivity contribution in [3.05, 3.63) is 194 Å². The van der Waals surface area contributed by atoms with Gasteiger partial charge in [0.25, 0.3) is 0 Å². The van der Waals surface area contributed by atoms with Gasteiger partial charge in [0.1, 0.15) is 19.2 Å². The van der Waals surface area contributed by atoms with Crippen LogP contribution in [0.3, 0.4) is 0 Å². The molecule has 1 aliphatic heterocycles. The first kappa shape index (κ1) is 37.2. The average molecular weight is 851 g/mol. The maximum Gasteiger partial charge on any atom is 0.238 e. The maximum absolute atomic E-state index is 6.52. The molecule has 0 amide bonds. The van der Waals surface area contributed by atoms with Gasteiger partial charge in [-0.05, 0) is 52.7 Å². The molecule has 0 radical (unpaired) electrons. The molecule has 7 nitrogen and oxygen atoms in total. The number of benzene rings is 8. The van der Waals surface area contributed by atoms with Crippen molar-refractivity contribution in [3.8, 4) is 73.6 Å². The van der Waals surface area contributed by atoms with Gasteiger partial charge >= 0.3 is 0 Å². The highest BCUT2D eigenvalue weighted by Crippen LogP contribution is 2.41. The van der Waals surface area contributed by atoms with Gasteiger partial charge in [-0.3, -0.25) is 4.57 Å². The van der Waals surface area contributed by atoms with E-state index >= 15 is 0 Å². The summed E-state index contributed by atoms with van der Waals surface area (Å²) in [7, 11) is -2.24. The molecular weight excluding hydrogens is 813 g/mol. The summed E-state index contributed by atoms with van der Waals surface area (Å²) in [6, 6.07) is 67.5. The summed E-state index contributed by atoms with van der Waals surface area (Å²) < 4.78 is 8.68. The summed E-state index contributed by atoms with van der Waals surface area (Å²) in [6.07, 6.45) is 0. The Hall–Kier alpha value is -8.33. The molecule has 0 saturated carbocycles. The van der Waals surface area contributed by atoms with Crippen LogP contribution in [0.15, 0.2) is 199 Å². The number of para-hydroxylation sites is 3. The third-order valence-electron chi connectivity index (χ3n) is 13.0. The van der Waals surface area contributed by atoms with E-state index in [-0.39, 0.29) is 0 Å². The number of aromatic nitrogens is 6. The molecule has 0 N–H and O–H groups in total. The zero-order valence-electron chi connectivity index (χ0n) is 35.6. The van der Waals surface area contributed by atoms with Crippen LogP contribution in [0.2, 0.25) is 13.1 Å². The molecule has 0 fully saturated rings. The molecule has 0 atom stereocenters. The predicted molar refractivity (Wildman–Crippen MR) is 266 cm³/mol. The third kappa shape index (κ3) is 5.84. The van der Waals surface area contributed by atoms with Crippen LogP contribution >= 0.6 is 0 Å². The smallest absolute Gasteiger partial charge is 0.238 e. The lowest BCUT2D eigenvalue weighted by atomic mass is 9.96. The molecule has 8 heteroatoms. The van der Waals surface area contributed by atoms with Crippen molar-refractivity contribution in [2.45, 2.75) is 13.1 Å². The largest absolute Gasteiger partial charge is 0.455 e. The number of hydrogen-bond donors (Lipinski definition) is 0. The molecule has 306 valence electrons. The first-order chi connectivity index (χ1) is 32.0. The summed E-state index contributed by atoms with van der Waals surface area (Å²) in [5.74, 6) is 2.48. The third-order valence-corrected chi connectivity index (χ3v) is 16.4. The van der Waals surface area contributed by atoms with Crippen molar-refractivity contribution in [2.24, 2.45) is 0 Å². The zero-order valence-corrected chi connectivity index (χ0v) is 36.6. The van der Waals surface area contributed by atoms with Gasteiger partial charge in [-0.2, -0.15) is 9.97 Å². The van der Waals surface area contributed by atoms with Gasteiger partial charge in [0.05, 0.1) is 16.7 Å². The molecule has 12 aromatic rings. The quantitative estimate of drug-likeness (QED) is 0.155. The monoisotopic (exact) mass is 850 g/mol. The van der Waals surface area contributed by atoms with E-state index in [2.05, 4.69) is 139 Å². The molecule has 8 aromatic carbocycles.